The third kappa shape index (κ3) is 4.33. The van der Waals surface area contributed by atoms with Gasteiger partial charge in [-0.3, -0.25) is 9.59 Å². The highest BCUT2D eigenvalue weighted by Crippen LogP contribution is 2.17. The molecule has 0 heterocycles. The van der Waals surface area contributed by atoms with Crippen molar-refractivity contribution < 1.29 is 22.8 Å². The van der Waals surface area contributed by atoms with E-state index in [9.17, 15) is 22.8 Å². The number of anilines is 2. The standard InChI is InChI=1S/C20H13F3N2O2/c21-14-9-10-18(16(23)11-14)25-20(27)13-7-5-12(6-8-13)19(26)24-17-4-2-1-3-15(17)22/h1-11H,(H,24,26)(H,25,27). The first kappa shape index (κ1) is 18.2. The molecule has 2 N–H and O–H groups in total. The van der Waals surface area contributed by atoms with Crippen LogP contribution in [-0.2, 0) is 0 Å². The van der Waals surface area contributed by atoms with Crippen molar-refractivity contribution in [2.24, 2.45) is 0 Å². The number of hydrogen-bond donors (Lipinski definition) is 2. The number of amides is 2. The molecule has 0 atom stereocenters. The fraction of sp³-hybridized carbons (Fsp3) is 0. The molecule has 0 spiro atoms. The molecule has 27 heavy (non-hydrogen) atoms. The quantitative estimate of drug-likeness (QED) is 0.705. The molecule has 136 valence electrons. The normalized spacial score (nSPS) is 10.3. The van der Waals surface area contributed by atoms with Crippen LogP contribution in [0, 0.1) is 17.5 Å². The van der Waals surface area contributed by atoms with E-state index in [1.165, 1.54) is 42.5 Å². The van der Waals surface area contributed by atoms with Gasteiger partial charge >= 0.3 is 0 Å². The highest BCUT2D eigenvalue weighted by Gasteiger charge is 2.13. The maximum atomic E-state index is 13.6. The van der Waals surface area contributed by atoms with Crippen molar-refractivity contribution in [2.45, 2.75) is 0 Å². The number of carbonyl (C=O) groups excluding carboxylic acids is 2. The van der Waals surface area contributed by atoms with Gasteiger partial charge in [-0.25, -0.2) is 13.2 Å². The van der Waals surface area contributed by atoms with E-state index < -0.39 is 29.3 Å². The van der Waals surface area contributed by atoms with Crippen LogP contribution in [0.25, 0.3) is 0 Å². The minimum absolute atomic E-state index is 0.0381. The van der Waals surface area contributed by atoms with E-state index in [4.69, 9.17) is 0 Å². The van der Waals surface area contributed by atoms with Crippen molar-refractivity contribution in [3.63, 3.8) is 0 Å². The summed E-state index contributed by atoms with van der Waals surface area (Å²) in [6.07, 6.45) is 0. The second-order valence-electron chi connectivity index (χ2n) is 5.59. The number of rotatable bonds is 4. The van der Waals surface area contributed by atoms with E-state index in [1.807, 2.05) is 0 Å². The lowest BCUT2D eigenvalue weighted by Gasteiger charge is -2.08. The van der Waals surface area contributed by atoms with Gasteiger partial charge in [0.05, 0.1) is 11.4 Å². The minimum atomic E-state index is -0.899. The van der Waals surface area contributed by atoms with Crippen LogP contribution in [0.5, 0.6) is 0 Å². The zero-order valence-corrected chi connectivity index (χ0v) is 13.8. The smallest absolute Gasteiger partial charge is 0.255 e. The van der Waals surface area contributed by atoms with E-state index >= 15 is 0 Å². The van der Waals surface area contributed by atoms with Crippen molar-refractivity contribution >= 4 is 23.2 Å². The lowest BCUT2D eigenvalue weighted by Crippen LogP contribution is -2.15. The van der Waals surface area contributed by atoms with Crippen LogP contribution in [0.15, 0.2) is 66.7 Å². The summed E-state index contributed by atoms with van der Waals surface area (Å²) in [5, 5.41) is 4.75. The molecule has 0 aliphatic rings. The Morgan fingerprint density at radius 2 is 1.15 bits per heavy atom. The topological polar surface area (TPSA) is 58.2 Å². The Labute approximate surface area is 152 Å². The molecule has 0 bridgehead atoms. The van der Waals surface area contributed by atoms with Gasteiger partial charge in [0.15, 0.2) is 0 Å². The van der Waals surface area contributed by atoms with Gasteiger partial charge in [0.1, 0.15) is 17.5 Å². The predicted octanol–water partition coefficient (Wildman–Crippen LogP) is 4.61. The molecule has 3 aromatic rings. The number of halogens is 3. The van der Waals surface area contributed by atoms with Crippen LogP contribution in [0.1, 0.15) is 20.7 Å². The molecule has 0 aliphatic heterocycles. The fourth-order valence-corrected chi connectivity index (χ4v) is 2.32. The summed E-state index contributed by atoms with van der Waals surface area (Å²) in [6, 6.07) is 14.0. The molecule has 7 heteroatoms. The Bertz CT molecular complexity index is 1000. The zero-order chi connectivity index (χ0) is 19.4. The largest absolute Gasteiger partial charge is 0.319 e. The molecule has 0 fully saturated rings. The van der Waals surface area contributed by atoms with Crippen LogP contribution >= 0.6 is 0 Å². The van der Waals surface area contributed by atoms with Gasteiger partial charge in [0.2, 0.25) is 0 Å². The Balaban J connectivity index is 1.70. The molecule has 0 unspecified atom stereocenters. The summed E-state index contributed by atoms with van der Waals surface area (Å²) < 4.78 is 40.1. The summed E-state index contributed by atoms with van der Waals surface area (Å²) in [4.78, 5) is 24.3. The maximum absolute atomic E-state index is 13.6. The van der Waals surface area contributed by atoms with Gasteiger partial charge in [-0.2, -0.15) is 0 Å². The van der Waals surface area contributed by atoms with Crippen LogP contribution in [0.3, 0.4) is 0 Å². The third-order valence-electron chi connectivity index (χ3n) is 3.71. The summed E-state index contributed by atoms with van der Waals surface area (Å²) in [7, 11) is 0. The predicted molar refractivity (Wildman–Crippen MR) is 95.1 cm³/mol. The molecule has 2 amide bonds. The molecule has 0 radical (unpaired) electrons. The van der Waals surface area contributed by atoms with Crippen LogP contribution < -0.4 is 10.6 Å². The van der Waals surface area contributed by atoms with Crippen molar-refractivity contribution in [3.8, 4) is 0 Å². The van der Waals surface area contributed by atoms with Gasteiger partial charge < -0.3 is 10.6 Å². The van der Waals surface area contributed by atoms with Crippen molar-refractivity contribution in [1.82, 2.24) is 0 Å². The van der Waals surface area contributed by atoms with Crippen LogP contribution in [0.2, 0.25) is 0 Å². The zero-order valence-electron chi connectivity index (χ0n) is 13.8. The van der Waals surface area contributed by atoms with E-state index in [1.54, 1.807) is 6.07 Å². The molecule has 0 saturated carbocycles. The number of hydrogen-bond acceptors (Lipinski definition) is 2. The van der Waals surface area contributed by atoms with Gasteiger partial charge in [-0.05, 0) is 48.5 Å². The number of benzene rings is 3. The molecular formula is C20H13F3N2O2. The highest BCUT2D eigenvalue weighted by molar-refractivity contribution is 6.07. The van der Waals surface area contributed by atoms with Crippen LogP contribution in [0.4, 0.5) is 24.5 Å². The van der Waals surface area contributed by atoms with Crippen molar-refractivity contribution in [1.29, 1.82) is 0 Å². The van der Waals surface area contributed by atoms with Gasteiger partial charge in [0, 0.05) is 17.2 Å². The van der Waals surface area contributed by atoms with Gasteiger partial charge in [0.25, 0.3) is 11.8 Å². The second kappa shape index (κ2) is 7.74. The summed E-state index contributed by atoms with van der Waals surface area (Å²) in [6.45, 7) is 0. The van der Waals surface area contributed by atoms with Crippen molar-refractivity contribution in [3.05, 3.63) is 95.3 Å². The Morgan fingerprint density at radius 1 is 0.630 bits per heavy atom. The number of carbonyl (C=O) groups is 2. The summed E-state index contributed by atoms with van der Waals surface area (Å²) in [5.41, 5.74) is 0.253. The van der Waals surface area contributed by atoms with Crippen LogP contribution in [-0.4, -0.2) is 11.8 Å². The first-order valence-electron chi connectivity index (χ1n) is 7.86. The second-order valence-corrected chi connectivity index (χ2v) is 5.59. The monoisotopic (exact) mass is 370 g/mol. The Morgan fingerprint density at radius 3 is 1.67 bits per heavy atom. The SMILES string of the molecule is O=C(Nc1ccccc1F)c1ccc(C(=O)Nc2ccc(F)cc2F)cc1. The van der Waals surface area contributed by atoms with E-state index in [2.05, 4.69) is 10.6 Å². The number of para-hydroxylation sites is 1. The molecule has 0 saturated heterocycles. The maximum Gasteiger partial charge on any atom is 0.255 e. The fourth-order valence-electron chi connectivity index (χ4n) is 2.32. The van der Waals surface area contributed by atoms with E-state index in [0.29, 0.717) is 6.07 Å². The summed E-state index contributed by atoms with van der Waals surface area (Å²) >= 11 is 0. The molecular weight excluding hydrogens is 357 g/mol. The average Bonchev–Trinajstić information content (AvgIpc) is 2.66. The first-order valence-corrected chi connectivity index (χ1v) is 7.86. The Hall–Kier alpha value is -3.61. The third-order valence-corrected chi connectivity index (χ3v) is 3.71. The minimum Gasteiger partial charge on any atom is -0.319 e. The molecule has 4 nitrogen and oxygen atoms in total. The Kier molecular flexibility index (Phi) is 5.21. The lowest BCUT2D eigenvalue weighted by atomic mass is 10.1. The molecule has 0 aromatic heterocycles. The van der Waals surface area contributed by atoms with Crippen molar-refractivity contribution in [2.75, 3.05) is 10.6 Å². The van der Waals surface area contributed by atoms with Gasteiger partial charge in [-0.15, -0.1) is 0 Å². The highest BCUT2D eigenvalue weighted by atomic mass is 19.1. The van der Waals surface area contributed by atoms with E-state index in [-0.39, 0.29) is 22.5 Å². The average molecular weight is 370 g/mol. The van der Waals surface area contributed by atoms with Gasteiger partial charge in [-0.1, -0.05) is 12.1 Å². The number of nitrogens with one attached hydrogen (secondary N) is 2. The molecule has 3 aromatic carbocycles. The lowest BCUT2D eigenvalue weighted by molar-refractivity contribution is 0.101. The van der Waals surface area contributed by atoms with E-state index in [0.717, 1.165) is 12.1 Å². The molecule has 3 rings (SSSR count). The molecule has 0 aliphatic carbocycles. The first-order chi connectivity index (χ1) is 12.9. The summed E-state index contributed by atoms with van der Waals surface area (Å²) in [5.74, 6) is -3.39.